The number of rotatable bonds is 2. The van der Waals surface area contributed by atoms with Crippen LogP contribution in [0.4, 0.5) is 0 Å². The van der Waals surface area contributed by atoms with Crippen molar-refractivity contribution in [3.8, 4) is 0 Å². The molecule has 12 heavy (non-hydrogen) atoms. The van der Waals surface area contributed by atoms with E-state index in [2.05, 4.69) is 0 Å². The Bertz CT molecular complexity index is 143. The zero-order valence-corrected chi connectivity index (χ0v) is 7.01. The van der Waals surface area contributed by atoms with Crippen LogP contribution in [0.3, 0.4) is 0 Å². The van der Waals surface area contributed by atoms with E-state index in [1.165, 1.54) is 7.11 Å². The van der Waals surface area contributed by atoms with Crippen molar-refractivity contribution in [1.82, 2.24) is 0 Å². The second-order valence-corrected chi connectivity index (χ2v) is 2.89. The Balaban J connectivity index is 2.52. The minimum atomic E-state index is -0.974. The van der Waals surface area contributed by atoms with Gasteiger partial charge in [-0.3, -0.25) is 0 Å². The summed E-state index contributed by atoms with van der Waals surface area (Å²) in [5.74, 6) is 0. The summed E-state index contributed by atoms with van der Waals surface area (Å²) < 4.78 is 10.0. The summed E-state index contributed by atoms with van der Waals surface area (Å²) in [5, 5.41) is 18.6. The largest absolute Gasteiger partial charge is 0.390 e. The van der Waals surface area contributed by atoms with E-state index in [1.54, 1.807) is 0 Å². The third-order valence-electron chi connectivity index (χ3n) is 2.00. The molecule has 5 nitrogen and oxygen atoms in total. The Kier molecular flexibility index (Phi) is 3.42. The van der Waals surface area contributed by atoms with E-state index in [4.69, 9.17) is 15.2 Å². The predicted molar refractivity (Wildman–Crippen MR) is 41.4 cm³/mol. The van der Waals surface area contributed by atoms with Crippen LogP contribution in [-0.2, 0) is 9.47 Å². The first-order valence-corrected chi connectivity index (χ1v) is 3.93. The van der Waals surface area contributed by atoms with E-state index in [1.807, 2.05) is 0 Å². The summed E-state index contributed by atoms with van der Waals surface area (Å²) in [5.41, 5.74) is 5.35. The fourth-order valence-electron chi connectivity index (χ4n) is 1.26. The first kappa shape index (κ1) is 9.88. The molecule has 1 rings (SSSR count). The van der Waals surface area contributed by atoms with Crippen LogP contribution in [0.1, 0.15) is 6.42 Å². The maximum atomic E-state index is 9.32. The lowest BCUT2D eigenvalue weighted by atomic mass is 10.0. The van der Waals surface area contributed by atoms with Gasteiger partial charge in [0.25, 0.3) is 0 Å². The molecule has 0 amide bonds. The van der Waals surface area contributed by atoms with E-state index in [-0.39, 0.29) is 6.10 Å². The molecule has 1 saturated heterocycles. The highest BCUT2D eigenvalue weighted by molar-refractivity contribution is 4.81. The molecule has 0 aromatic carbocycles. The van der Waals surface area contributed by atoms with Gasteiger partial charge in [0.05, 0.1) is 12.2 Å². The van der Waals surface area contributed by atoms with Gasteiger partial charge in [0.1, 0.15) is 6.10 Å². The maximum absolute atomic E-state index is 9.32. The molecule has 1 aliphatic rings. The lowest BCUT2D eigenvalue weighted by molar-refractivity contribution is -0.255. The van der Waals surface area contributed by atoms with Gasteiger partial charge in [-0.2, -0.15) is 0 Å². The Morgan fingerprint density at radius 2 is 2.25 bits per heavy atom. The molecule has 1 fully saturated rings. The van der Waals surface area contributed by atoms with Crippen LogP contribution >= 0.6 is 0 Å². The van der Waals surface area contributed by atoms with Gasteiger partial charge in [0.15, 0.2) is 6.29 Å². The van der Waals surface area contributed by atoms with Crippen LogP contribution in [0.25, 0.3) is 0 Å². The average molecular weight is 177 g/mol. The zero-order valence-electron chi connectivity index (χ0n) is 7.01. The number of aliphatic hydroxyl groups excluding tert-OH is 2. The molecule has 4 N–H and O–H groups in total. The molecule has 0 saturated carbocycles. The Labute approximate surface area is 71.1 Å². The second-order valence-electron chi connectivity index (χ2n) is 2.89. The van der Waals surface area contributed by atoms with Gasteiger partial charge in [0.2, 0.25) is 0 Å². The van der Waals surface area contributed by atoms with Crippen molar-refractivity contribution in [1.29, 1.82) is 0 Å². The Morgan fingerprint density at radius 1 is 1.58 bits per heavy atom. The monoisotopic (exact) mass is 177 g/mol. The number of hydrogen-bond acceptors (Lipinski definition) is 5. The van der Waals surface area contributed by atoms with Crippen molar-refractivity contribution in [2.24, 2.45) is 5.73 Å². The summed E-state index contributed by atoms with van der Waals surface area (Å²) >= 11 is 0. The van der Waals surface area contributed by atoms with Gasteiger partial charge in [0, 0.05) is 20.1 Å². The van der Waals surface area contributed by atoms with Crippen LogP contribution in [0.5, 0.6) is 0 Å². The van der Waals surface area contributed by atoms with Crippen LogP contribution < -0.4 is 5.73 Å². The minimum absolute atomic E-state index is 0.228. The summed E-state index contributed by atoms with van der Waals surface area (Å²) in [6.45, 7) is 0.323. The first-order valence-electron chi connectivity index (χ1n) is 3.93. The van der Waals surface area contributed by atoms with E-state index in [9.17, 15) is 10.2 Å². The number of hydrogen-bond donors (Lipinski definition) is 3. The van der Waals surface area contributed by atoms with Crippen molar-refractivity contribution >= 4 is 0 Å². The molecule has 4 atom stereocenters. The molecular formula is C7H15NO4. The number of nitrogens with two attached hydrogens (primary N) is 1. The fraction of sp³-hybridized carbons (Fsp3) is 1.00. The zero-order chi connectivity index (χ0) is 9.14. The molecule has 72 valence electrons. The lowest BCUT2D eigenvalue weighted by Gasteiger charge is -2.35. The van der Waals surface area contributed by atoms with Gasteiger partial charge in [-0.25, -0.2) is 0 Å². The standard InChI is InChI=1S/C7H15NO4/c1-11-7-6(10)5(9)2-4(3-8)12-7/h4-7,9-10H,2-3,8H2,1H3. The number of ether oxygens (including phenoxy) is 2. The Hall–Kier alpha value is -0.200. The molecule has 0 aliphatic carbocycles. The Morgan fingerprint density at radius 3 is 2.75 bits per heavy atom. The quantitative estimate of drug-likeness (QED) is 0.474. The summed E-state index contributed by atoms with van der Waals surface area (Å²) in [6, 6.07) is 0. The van der Waals surface area contributed by atoms with Crippen molar-refractivity contribution < 1.29 is 19.7 Å². The molecule has 5 heteroatoms. The highest BCUT2D eigenvalue weighted by atomic mass is 16.7. The van der Waals surface area contributed by atoms with Crippen molar-refractivity contribution in [3.05, 3.63) is 0 Å². The van der Waals surface area contributed by atoms with E-state index in [0.29, 0.717) is 13.0 Å². The van der Waals surface area contributed by atoms with Crippen LogP contribution in [0.2, 0.25) is 0 Å². The molecular weight excluding hydrogens is 162 g/mol. The van der Waals surface area contributed by atoms with Crippen molar-refractivity contribution in [2.45, 2.75) is 31.0 Å². The van der Waals surface area contributed by atoms with Crippen LogP contribution in [-0.4, -0.2) is 48.5 Å². The molecule has 0 aromatic rings. The molecule has 4 unspecified atom stereocenters. The molecule has 0 bridgehead atoms. The van der Waals surface area contributed by atoms with Crippen LogP contribution in [0.15, 0.2) is 0 Å². The average Bonchev–Trinajstić information content (AvgIpc) is 2.09. The van der Waals surface area contributed by atoms with E-state index in [0.717, 1.165) is 0 Å². The first-order chi connectivity index (χ1) is 5.69. The molecule has 0 aromatic heterocycles. The van der Waals surface area contributed by atoms with E-state index < -0.39 is 18.5 Å². The maximum Gasteiger partial charge on any atom is 0.186 e. The smallest absolute Gasteiger partial charge is 0.186 e. The molecule has 0 radical (unpaired) electrons. The third-order valence-corrected chi connectivity index (χ3v) is 2.00. The normalized spacial score (nSPS) is 43.0. The van der Waals surface area contributed by atoms with Gasteiger partial charge < -0.3 is 25.4 Å². The van der Waals surface area contributed by atoms with Crippen molar-refractivity contribution in [2.75, 3.05) is 13.7 Å². The highest BCUT2D eigenvalue weighted by Crippen LogP contribution is 2.19. The second kappa shape index (κ2) is 4.15. The summed E-state index contributed by atoms with van der Waals surface area (Å²) in [6.07, 6.45) is -2.41. The number of aliphatic hydroxyl groups is 2. The predicted octanol–water partition coefficient (Wildman–Crippen LogP) is -1.57. The number of methoxy groups -OCH3 is 1. The topological polar surface area (TPSA) is 84.9 Å². The van der Waals surface area contributed by atoms with Gasteiger partial charge in [-0.05, 0) is 0 Å². The highest BCUT2D eigenvalue weighted by Gasteiger charge is 2.35. The minimum Gasteiger partial charge on any atom is -0.390 e. The fourth-order valence-corrected chi connectivity index (χ4v) is 1.26. The van der Waals surface area contributed by atoms with Crippen LogP contribution in [0, 0.1) is 0 Å². The summed E-state index contributed by atoms with van der Waals surface area (Å²) in [4.78, 5) is 0. The van der Waals surface area contributed by atoms with Gasteiger partial charge in [-0.15, -0.1) is 0 Å². The molecule has 1 aliphatic heterocycles. The lowest BCUT2D eigenvalue weighted by Crippen LogP contribution is -2.50. The van der Waals surface area contributed by atoms with Gasteiger partial charge in [-0.1, -0.05) is 0 Å². The summed E-state index contributed by atoms with van der Waals surface area (Å²) in [7, 11) is 1.42. The molecule has 0 spiro atoms. The van der Waals surface area contributed by atoms with Crippen molar-refractivity contribution in [3.63, 3.8) is 0 Å². The third kappa shape index (κ3) is 1.94. The SMILES string of the molecule is COC1OC(CN)CC(O)C1O. The van der Waals surface area contributed by atoms with Gasteiger partial charge >= 0.3 is 0 Å². The molecule has 1 heterocycles. The van der Waals surface area contributed by atoms with E-state index >= 15 is 0 Å².